The summed E-state index contributed by atoms with van der Waals surface area (Å²) in [6.07, 6.45) is 0. The number of rotatable bonds is 2. The zero-order chi connectivity index (χ0) is 11.7. The first-order valence-electron chi connectivity index (χ1n) is 3.32. The summed E-state index contributed by atoms with van der Waals surface area (Å²) < 4.78 is 25.4. The fraction of sp³-hybridized carbons (Fsp3) is 0. The number of nitro groups is 2. The molecule has 0 heterocycles. The van der Waals surface area contributed by atoms with Gasteiger partial charge in [0.1, 0.15) is 0 Å². The molecular weight excluding hydrogens is 238 g/mol. The third-order valence-electron chi connectivity index (χ3n) is 1.50. The Bertz CT molecular complexity index is 465. The normalized spacial score (nSPS) is 10.1. The summed E-state index contributed by atoms with van der Waals surface area (Å²) in [5, 5.41) is 19.4. The molecule has 1 rings (SSSR count). The summed E-state index contributed by atoms with van der Waals surface area (Å²) in [5.74, 6) is -3.30. The highest BCUT2D eigenvalue weighted by Gasteiger charge is 2.33. The summed E-state index contributed by atoms with van der Waals surface area (Å²) in [7, 11) is 0. The van der Waals surface area contributed by atoms with Crippen LogP contribution in [0.3, 0.4) is 0 Å². The van der Waals surface area contributed by atoms with Crippen LogP contribution in [0.2, 0.25) is 5.02 Å². The van der Waals surface area contributed by atoms with Crippen LogP contribution in [-0.2, 0) is 0 Å². The van der Waals surface area contributed by atoms with Crippen molar-refractivity contribution in [2.75, 3.05) is 0 Å². The Kier molecular flexibility index (Phi) is 2.80. The third-order valence-corrected chi connectivity index (χ3v) is 1.84. The number of benzene rings is 1. The third kappa shape index (κ3) is 1.84. The molecule has 0 unspecified atom stereocenters. The van der Waals surface area contributed by atoms with Gasteiger partial charge in [-0.25, -0.2) is 8.78 Å². The van der Waals surface area contributed by atoms with E-state index in [1.165, 1.54) is 0 Å². The van der Waals surface area contributed by atoms with Crippen LogP contribution in [0.15, 0.2) is 6.07 Å². The van der Waals surface area contributed by atoms with Crippen molar-refractivity contribution < 1.29 is 18.6 Å². The number of hydrogen-bond acceptors (Lipinski definition) is 4. The Balaban J connectivity index is 3.65. The van der Waals surface area contributed by atoms with Crippen molar-refractivity contribution in [2.45, 2.75) is 0 Å². The summed E-state index contributed by atoms with van der Waals surface area (Å²) >= 11 is 5.08. The van der Waals surface area contributed by atoms with E-state index in [-0.39, 0.29) is 6.07 Å². The highest BCUT2D eigenvalue weighted by molar-refractivity contribution is 6.33. The van der Waals surface area contributed by atoms with Crippen LogP contribution < -0.4 is 0 Å². The van der Waals surface area contributed by atoms with Gasteiger partial charge >= 0.3 is 11.4 Å². The highest BCUT2D eigenvalue weighted by atomic mass is 35.5. The van der Waals surface area contributed by atoms with Crippen LogP contribution in [0.4, 0.5) is 20.2 Å². The molecule has 1 aromatic carbocycles. The van der Waals surface area contributed by atoms with Crippen LogP contribution in [0.25, 0.3) is 0 Å². The molecule has 1 aromatic rings. The molecule has 0 bridgehead atoms. The molecule has 0 atom stereocenters. The maximum Gasteiger partial charge on any atom is 0.367 e. The lowest BCUT2D eigenvalue weighted by molar-refractivity contribution is -0.422. The topological polar surface area (TPSA) is 86.3 Å². The molecule has 15 heavy (non-hydrogen) atoms. The Labute approximate surface area is 85.4 Å². The van der Waals surface area contributed by atoms with Gasteiger partial charge in [0.25, 0.3) is 0 Å². The fourth-order valence-electron chi connectivity index (χ4n) is 0.886. The summed E-state index contributed by atoms with van der Waals surface area (Å²) in [6.45, 7) is 0. The van der Waals surface area contributed by atoms with Gasteiger partial charge in [-0.15, -0.1) is 0 Å². The van der Waals surface area contributed by atoms with Gasteiger partial charge in [-0.2, -0.15) is 0 Å². The molecular formula is C6HClF2N2O4. The molecule has 0 amide bonds. The number of nitrogens with zero attached hydrogens (tertiary/aromatic N) is 2. The van der Waals surface area contributed by atoms with E-state index < -0.39 is 37.9 Å². The molecule has 0 aliphatic heterocycles. The van der Waals surface area contributed by atoms with Gasteiger partial charge in [0.2, 0.25) is 0 Å². The SMILES string of the molecule is O=[N+]([O-])c1cc(F)c(F)c(Cl)c1[N+](=O)[O-]. The summed E-state index contributed by atoms with van der Waals surface area (Å²) in [6, 6.07) is 0.110. The minimum Gasteiger partial charge on any atom is -0.258 e. The molecule has 0 radical (unpaired) electrons. The number of hydrogen-bond donors (Lipinski definition) is 0. The lowest BCUT2D eigenvalue weighted by atomic mass is 10.2. The van der Waals surface area contributed by atoms with Gasteiger partial charge in [0.05, 0.1) is 15.9 Å². The first-order valence-corrected chi connectivity index (χ1v) is 3.70. The van der Waals surface area contributed by atoms with Gasteiger partial charge < -0.3 is 0 Å². The van der Waals surface area contributed by atoms with E-state index in [0.29, 0.717) is 0 Å². The smallest absolute Gasteiger partial charge is 0.258 e. The van der Waals surface area contributed by atoms with E-state index in [9.17, 15) is 29.0 Å². The number of halogens is 3. The average molecular weight is 239 g/mol. The van der Waals surface area contributed by atoms with Crippen molar-refractivity contribution in [3.05, 3.63) is 43.0 Å². The van der Waals surface area contributed by atoms with Crippen LogP contribution in [0, 0.1) is 31.9 Å². The van der Waals surface area contributed by atoms with Crippen molar-refractivity contribution in [1.29, 1.82) is 0 Å². The fourth-order valence-corrected chi connectivity index (χ4v) is 1.14. The first-order chi connectivity index (χ1) is 6.86. The quantitative estimate of drug-likeness (QED) is 0.450. The molecule has 0 saturated heterocycles. The lowest BCUT2D eigenvalue weighted by Crippen LogP contribution is -2.01. The maximum absolute atomic E-state index is 12.8. The van der Waals surface area contributed by atoms with Gasteiger partial charge in [-0.05, 0) is 0 Å². The van der Waals surface area contributed by atoms with Crippen LogP contribution in [0.5, 0.6) is 0 Å². The first kappa shape index (κ1) is 11.2. The monoisotopic (exact) mass is 238 g/mol. The summed E-state index contributed by atoms with van der Waals surface area (Å²) in [5.41, 5.74) is -2.45. The van der Waals surface area contributed by atoms with Crippen molar-refractivity contribution in [3.8, 4) is 0 Å². The van der Waals surface area contributed by atoms with E-state index in [1.54, 1.807) is 0 Å². The molecule has 0 spiro atoms. The van der Waals surface area contributed by atoms with Gasteiger partial charge in [0, 0.05) is 0 Å². The van der Waals surface area contributed by atoms with E-state index in [1.807, 2.05) is 0 Å². The van der Waals surface area contributed by atoms with Crippen LogP contribution >= 0.6 is 11.6 Å². The van der Waals surface area contributed by atoms with E-state index in [0.717, 1.165) is 0 Å². The maximum atomic E-state index is 12.8. The van der Waals surface area contributed by atoms with E-state index in [2.05, 4.69) is 0 Å². The molecule has 9 heteroatoms. The zero-order valence-corrected chi connectivity index (χ0v) is 7.49. The Morgan fingerprint density at radius 1 is 1.20 bits per heavy atom. The molecule has 0 saturated carbocycles. The van der Waals surface area contributed by atoms with Gasteiger partial charge in [-0.1, -0.05) is 11.6 Å². The van der Waals surface area contributed by atoms with Crippen molar-refractivity contribution in [3.63, 3.8) is 0 Å². The van der Waals surface area contributed by atoms with Gasteiger partial charge in [-0.3, -0.25) is 20.2 Å². The predicted octanol–water partition coefficient (Wildman–Crippen LogP) is 2.43. The van der Waals surface area contributed by atoms with Crippen molar-refractivity contribution in [2.24, 2.45) is 0 Å². The van der Waals surface area contributed by atoms with Crippen molar-refractivity contribution in [1.82, 2.24) is 0 Å². The van der Waals surface area contributed by atoms with Crippen molar-refractivity contribution >= 4 is 23.0 Å². The average Bonchev–Trinajstić information content (AvgIpc) is 2.12. The standard InChI is InChI=1S/C6HClF2N2O4/c7-4-5(9)2(8)1-3(10(12)13)6(4)11(14)15/h1H. The van der Waals surface area contributed by atoms with Gasteiger partial charge in [0.15, 0.2) is 16.7 Å². The molecule has 6 nitrogen and oxygen atoms in total. The van der Waals surface area contributed by atoms with Crippen LogP contribution in [-0.4, -0.2) is 9.85 Å². The minimum absolute atomic E-state index is 0.110. The second-order valence-electron chi connectivity index (χ2n) is 2.37. The molecule has 0 aliphatic rings. The minimum atomic E-state index is -1.69. The van der Waals surface area contributed by atoms with Crippen LogP contribution in [0.1, 0.15) is 0 Å². The largest absolute Gasteiger partial charge is 0.367 e. The predicted molar refractivity (Wildman–Crippen MR) is 44.7 cm³/mol. The Morgan fingerprint density at radius 3 is 2.13 bits per heavy atom. The van der Waals surface area contributed by atoms with E-state index in [4.69, 9.17) is 11.6 Å². The Morgan fingerprint density at radius 2 is 1.73 bits per heavy atom. The molecule has 80 valence electrons. The Hall–Kier alpha value is -1.83. The second-order valence-corrected chi connectivity index (χ2v) is 2.75. The zero-order valence-electron chi connectivity index (χ0n) is 6.74. The second kappa shape index (κ2) is 3.73. The molecule has 0 aliphatic carbocycles. The van der Waals surface area contributed by atoms with E-state index >= 15 is 0 Å². The highest BCUT2D eigenvalue weighted by Crippen LogP contribution is 2.37. The summed E-state index contributed by atoms with van der Waals surface area (Å²) in [4.78, 5) is 18.2. The molecule has 0 N–H and O–H groups in total. The molecule has 0 fully saturated rings. The number of nitro benzene ring substituents is 2. The molecule has 0 aromatic heterocycles. The lowest BCUT2D eigenvalue weighted by Gasteiger charge is -1.99.